The van der Waals surface area contributed by atoms with Gasteiger partial charge in [0, 0.05) is 32.0 Å². The van der Waals surface area contributed by atoms with Crippen LogP contribution in [-0.2, 0) is 25.4 Å². The van der Waals surface area contributed by atoms with E-state index < -0.39 is 11.1 Å². The second-order valence-corrected chi connectivity index (χ2v) is 10.5. The van der Waals surface area contributed by atoms with E-state index in [4.69, 9.17) is 4.74 Å². The number of ketones is 2. The zero-order chi connectivity index (χ0) is 24.9. The van der Waals surface area contributed by atoms with Crippen molar-refractivity contribution in [3.63, 3.8) is 0 Å². The monoisotopic (exact) mass is 476 g/mol. The Balaban J connectivity index is 1.71. The fraction of sp³-hybridized carbons (Fsp3) is 0.533. The second-order valence-electron chi connectivity index (χ2n) is 10.5. The molecule has 2 aromatic rings. The van der Waals surface area contributed by atoms with Gasteiger partial charge in [-0.3, -0.25) is 20.2 Å². The van der Waals surface area contributed by atoms with E-state index in [-0.39, 0.29) is 23.5 Å². The molecule has 2 aliphatic rings. The van der Waals surface area contributed by atoms with Gasteiger partial charge in [0.15, 0.2) is 11.6 Å². The van der Waals surface area contributed by atoms with Crippen LogP contribution in [-0.4, -0.2) is 37.9 Å². The van der Waals surface area contributed by atoms with Crippen molar-refractivity contribution in [2.45, 2.75) is 81.8 Å². The Hall–Kier alpha value is -2.34. The molecular weight excluding hydrogens is 436 g/mol. The highest BCUT2D eigenvalue weighted by Crippen LogP contribution is 2.43. The van der Waals surface area contributed by atoms with E-state index >= 15 is 0 Å². The van der Waals surface area contributed by atoms with Gasteiger partial charge in [0.1, 0.15) is 11.1 Å². The minimum absolute atomic E-state index is 0.188. The largest absolute Gasteiger partial charge is 0.383 e. The molecule has 0 spiro atoms. The number of rotatable bonds is 9. The van der Waals surface area contributed by atoms with Gasteiger partial charge < -0.3 is 4.74 Å². The summed E-state index contributed by atoms with van der Waals surface area (Å²) in [6.07, 6.45) is 5.93. The molecule has 2 saturated carbocycles. The first kappa shape index (κ1) is 25.7. The van der Waals surface area contributed by atoms with Crippen molar-refractivity contribution >= 4 is 11.6 Å². The molecule has 0 aliphatic heterocycles. The minimum atomic E-state index is -0.729. The van der Waals surface area contributed by atoms with Crippen molar-refractivity contribution in [1.82, 2.24) is 10.6 Å². The van der Waals surface area contributed by atoms with Crippen molar-refractivity contribution in [3.05, 3.63) is 71.3 Å². The fourth-order valence-electron chi connectivity index (χ4n) is 6.18. The van der Waals surface area contributed by atoms with E-state index in [0.29, 0.717) is 19.6 Å². The zero-order valence-corrected chi connectivity index (χ0v) is 21.4. The quantitative estimate of drug-likeness (QED) is 0.499. The average molecular weight is 477 g/mol. The number of hydrogen-bond donors (Lipinski definition) is 2. The van der Waals surface area contributed by atoms with Gasteiger partial charge in [-0.25, -0.2) is 0 Å². The van der Waals surface area contributed by atoms with E-state index in [9.17, 15) is 9.59 Å². The number of ether oxygens (including phenoxy) is 1. The number of benzene rings is 2. The highest BCUT2D eigenvalue weighted by molar-refractivity contribution is 5.96. The number of carbonyl (C=O) groups is 2. The van der Waals surface area contributed by atoms with E-state index in [1.807, 2.05) is 24.3 Å². The summed E-state index contributed by atoms with van der Waals surface area (Å²) < 4.78 is 5.28. The summed E-state index contributed by atoms with van der Waals surface area (Å²) in [6, 6.07) is 18.6. The van der Waals surface area contributed by atoms with E-state index in [1.54, 1.807) is 7.11 Å². The lowest BCUT2D eigenvalue weighted by Gasteiger charge is -2.42. The summed E-state index contributed by atoms with van der Waals surface area (Å²) in [6.45, 7) is 5.35. The molecule has 5 nitrogen and oxygen atoms in total. The van der Waals surface area contributed by atoms with Crippen molar-refractivity contribution in [1.29, 1.82) is 0 Å². The standard InChI is InChI=1S/C30H40N2O3/c1-22(2)32-29(17-8-7-16-27(29)33)25-14-9-11-23(21-25)26-15-10-18-30(28(26)34,31-19-20-35-3)24-12-5-4-6-13-24/h4-6,9,11-14,21-22,26,31-32H,7-8,10,15-20H2,1-3H3. The first-order chi connectivity index (χ1) is 16.9. The molecule has 0 aromatic heterocycles. The molecule has 188 valence electrons. The molecule has 0 amide bonds. The second kappa shape index (κ2) is 11.2. The third kappa shape index (κ3) is 5.13. The summed E-state index contributed by atoms with van der Waals surface area (Å²) in [7, 11) is 1.68. The molecule has 2 aliphatic carbocycles. The van der Waals surface area contributed by atoms with Crippen molar-refractivity contribution < 1.29 is 14.3 Å². The highest BCUT2D eigenvalue weighted by atomic mass is 16.5. The Labute approximate surface area is 210 Å². The van der Waals surface area contributed by atoms with Crippen molar-refractivity contribution in [3.8, 4) is 0 Å². The van der Waals surface area contributed by atoms with Crippen LogP contribution in [0.3, 0.4) is 0 Å². The number of carbonyl (C=O) groups excluding carboxylic acids is 2. The Morgan fingerprint density at radius 1 is 0.943 bits per heavy atom. The van der Waals surface area contributed by atoms with Crippen LogP contribution in [0.2, 0.25) is 0 Å². The molecule has 2 fully saturated rings. The van der Waals surface area contributed by atoms with Gasteiger partial charge in [0.05, 0.1) is 6.61 Å². The first-order valence-corrected chi connectivity index (χ1v) is 13.2. The van der Waals surface area contributed by atoms with Gasteiger partial charge in [-0.1, -0.05) is 61.0 Å². The molecule has 0 bridgehead atoms. The summed E-state index contributed by atoms with van der Waals surface area (Å²) in [5.74, 6) is 0.266. The molecule has 2 aromatic carbocycles. The van der Waals surface area contributed by atoms with Gasteiger partial charge in [-0.2, -0.15) is 0 Å². The Morgan fingerprint density at radius 3 is 2.40 bits per heavy atom. The van der Waals surface area contributed by atoms with Crippen LogP contribution in [0.25, 0.3) is 0 Å². The summed E-state index contributed by atoms with van der Waals surface area (Å²) >= 11 is 0. The molecule has 3 unspecified atom stereocenters. The van der Waals surface area contributed by atoms with Crippen molar-refractivity contribution in [2.75, 3.05) is 20.3 Å². The molecule has 0 saturated heterocycles. The maximum absolute atomic E-state index is 14.3. The zero-order valence-electron chi connectivity index (χ0n) is 21.4. The molecule has 35 heavy (non-hydrogen) atoms. The maximum atomic E-state index is 14.3. The number of nitrogens with one attached hydrogen (secondary N) is 2. The predicted molar refractivity (Wildman–Crippen MR) is 139 cm³/mol. The van der Waals surface area contributed by atoms with Crippen LogP contribution in [0.15, 0.2) is 54.6 Å². The molecule has 5 heteroatoms. The Bertz CT molecular complexity index is 1020. The van der Waals surface area contributed by atoms with E-state index in [1.165, 1.54) is 0 Å². The van der Waals surface area contributed by atoms with E-state index in [2.05, 4.69) is 54.8 Å². The van der Waals surface area contributed by atoms with Gasteiger partial charge in [0.2, 0.25) is 0 Å². The SMILES string of the molecule is COCCNC1(c2ccccc2)CCCC(c2cccc(C3(NC(C)C)CCCCC3=O)c2)C1=O. The van der Waals surface area contributed by atoms with Crippen LogP contribution in [0.5, 0.6) is 0 Å². The summed E-state index contributed by atoms with van der Waals surface area (Å²) in [5.41, 5.74) is 1.65. The molecule has 0 heterocycles. The third-order valence-corrected chi connectivity index (χ3v) is 7.78. The lowest BCUT2D eigenvalue weighted by Crippen LogP contribution is -2.54. The van der Waals surface area contributed by atoms with Crippen LogP contribution in [0.4, 0.5) is 0 Å². The Morgan fingerprint density at radius 2 is 1.69 bits per heavy atom. The van der Waals surface area contributed by atoms with Crippen molar-refractivity contribution in [2.24, 2.45) is 0 Å². The van der Waals surface area contributed by atoms with E-state index in [0.717, 1.165) is 55.2 Å². The van der Waals surface area contributed by atoms with Gasteiger partial charge in [-0.05, 0) is 62.6 Å². The molecular formula is C30H40N2O3. The normalized spacial score (nSPS) is 27.4. The number of Topliss-reactive ketones (excluding diaryl/α,β-unsaturated/α-hetero) is 2. The lowest BCUT2D eigenvalue weighted by atomic mass is 9.68. The molecule has 2 N–H and O–H groups in total. The molecule has 4 rings (SSSR count). The van der Waals surface area contributed by atoms with Crippen LogP contribution >= 0.6 is 0 Å². The summed E-state index contributed by atoms with van der Waals surface area (Å²) in [4.78, 5) is 27.6. The number of methoxy groups -OCH3 is 1. The first-order valence-electron chi connectivity index (χ1n) is 13.2. The van der Waals surface area contributed by atoms with Gasteiger partial charge in [-0.15, -0.1) is 0 Å². The number of hydrogen-bond acceptors (Lipinski definition) is 5. The maximum Gasteiger partial charge on any atom is 0.164 e. The van der Waals surface area contributed by atoms with Crippen LogP contribution < -0.4 is 10.6 Å². The fourth-order valence-corrected chi connectivity index (χ4v) is 6.18. The summed E-state index contributed by atoms with van der Waals surface area (Å²) in [5, 5.41) is 7.20. The molecule has 0 radical (unpaired) electrons. The Kier molecular flexibility index (Phi) is 8.20. The topological polar surface area (TPSA) is 67.4 Å². The lowest BCUT2D eigenvalue weighted by molar-refractivity contribution is -0.130. The average Bonchev–Trinajstić information content (AvgIpc) is 2.87. The predicted octanol–water partition coefficient (Wildman–Crippen LogP) is 4.99. The van der Waals surface area contributed by atoms with Crippen LogP contribution in [0, 0.1) is 0 Å². The van der Waals surface area contributed by atoms with Gasteiger partial charge >= 0.3 is 0 Å². The van der Waals surface area contributed by atoms with Gasteiger partial charge in [0.25, 0.3) is 0 Å². The third-order valence-electron chi connectivity index (χ3n) is 7.78. The minimum Gasteiger partial charge on any atom is -0.383 e. The highest BCUT2D eigenvalue weighted by Gasteiger charge is 2.47. The van der Waals surface area contributed by atoms with Crippen LogP contribution in [0.1, 0.15) is 81.4 Å². The molecule has 3 atom stereocenters. The smallest absolute Gasteiger partial charge is 0.164 e.